The second-order valence-corrected chi connectivity index (χ2v) is 4.99. The lowest BCUT2D eigenvalue weighted by Gasteiger charge is -2.26. The molecule has 118 valence electrons. The van der Waals surface area contributed by atoms with Crippen molar-refractivity contribution in [1.29, 1.82) is 5.26 Å². The molecule has 0 saturated carbocycles. The van der Waals surface area contributed by atoms with Crippen molar-refractivity contribution in [3.8, 4) is 6.07 Å². The Balaban J connectivity index is 1.70. The van der Waals surface area contributed by atoms with E-state index in [1.807, 2.05) is 6.07 Å². The van der Waals surface area contributed by atoms with Gasteiger partial charge < -0.3 is 15.4 Å². The topological polar surface area (TPSA) is 77.4 Å². The van der Waals surface area contributed by atoms with Crippen LogP contribution in [0.1, 0.15) is 12.0 Å². The number of rotatable bonds is 5. The number of nitrogens with one attached hydrogen (secondary N) is 2. The number of morpholine rings is 1. The summed E-state index contributed by atoms with van der Waals surface area (Å²) >= 11 is 0. The number of urea groups is 1. The molecule has 1 aromatic rings. The van der Waals surface area contributed by atoms with E-state index in [9.17, 15) is 9.18 Å². The van der Waals surface area contributed by atoms with E-state index in [2.05, 4.69) is 15.5 Å². The van der Waals surface area contributed by atoms with Crippen molar-refractivity contribution in [2.75, 3.05) is 44.7 Å². The summed E-state index contributed by atoms with van der Waals surface area (Å²) in [7, 11) is 0. The average Bonchev–Trinajstić information content (AvgIpc) is 2.54. The van der Waals surface area contributed by atoms with Gasteiger partial charge in [0.05, 0.1) is 24.5 Å². The smallest absolute Gasteiger partial charge is 0.319 e. The molecule has 1 fully saturated rings. The van der Waals surface area contributed by atoms with Gasteiger partial charge >= 0.3 is 6.03 Å². The zero-order valence-electron chi connectivity index (χ0n) is 12.3. The molecule has 6 nitrogen and oxygen atoms in total. The van der Waals surface area contributed by atoms with Gasteiger partial charge in [-0.3, -0.25) is 4.90 Å². The lowest BCUT2D eigenvalue weighted by Crippen LogP contribution is -2.38. The molecule has 1 aliphatic heterocycles. The highest BCUT2D eigenvalue weighted by Crippen LogP contribution is 2.15. The van der Waals surface area contributed by atoms with Gasteiger partial charge in [-0.15, -0.1) is 0 Å². The van der Waals surface area contributed by atoms with E-state index in [0.29, 0.717) is 12.2 Å². The van der Waals surface area contributed by atoms with Crippen LogP contribution in [0, 0.1) is 17.1 Å². The highest BCUT2D eigenvalue weighted by atomic mass is 19.1. The predicted octanol–water partition coefficient (Wildman–Crippen LogP) is 1.54. The summed E-state index contributed by atoms with van der Waals surface area (Å²) in [4.78, 5) is 14.0. The molecular formula is C15H19FN4O2. The fourth-order valence-corrected chi connectivity index (χ4v) is 2.21. The summed E-state index contributed by atoms with van der Waals surface area (Å²) in [6, 6.07) is 5.12. The van der Waals surface area contributed by atoms with Crippen LogP contribution >= 0.6 is 0 Å². The molecule has 0 radical (unpaired) electrons. The van der Waals surface area contributed by atoms with Crippen LogP contribution < -0.4 is 10.6 Å². The SMILES string of the molecule is N#Cc1cc(F)ccc1NC(=O)NCCCN1CCOCC1. The average molecular weight is 306 g/mol. The molecule has 2 amide bonds. The van der Waals surface area contributed by atoms with Crippen molar-refractivity contribution in [3.05, 3.63) is 29.6 Å². The van der Waals surface area contributed by atoms with Gasteiger partial charge in [0.1, 0.15) is 11.9 Å². The van der Waals surface area contributed by atoms with Gasteiger partial charge in [-0.1, -0.05) is 0 Å². The Morgan fingerprint density at radius 3 is 2.91 bits per heavy atom. The Hall–Kier alpha value is -2.17. The van der Waals surface area contributed by atoms with Gasteiger partial charge in [0.15, 0.2) is 0 Å². The Morgan fingerprint density at radius 1 is 1.41 bits per heavy atom. The molecule has 0 aromatic heterocycles. The largest absolute Gasteiger partial charge is 0.379 e. The molecule has 1 aliphatic rings. The Morgan fingerprint density at radius 2 is 2.18 bits per heavy atom. The molecule has 2 rings (SSSR count). The number of carbonyl (C=O) groups is 1. The highest BCUT2D eigenvalue weighted by molar-refractivity contribution is 5.90. The first kappa shape index (κ1) is 16.2. The van der Waals surface area contributed by atoms with Gasteiger partial charge in [0.25, 0.3) is 0 Å². The van der Waals surface area contributed by atoms with Gasteiger partial charge in [0, 0.05) is 19.6 Å². The van der Waals surface area contributed by atoms with E-state index in [4.69, 9.17) is 10.00 Å². The number of benzene rings is 1. The van der Waals surface area contributed by atoms with E-state index in [1.165, 1.54) is 12.1 Å². The van der Waals surface area contributed by atoms with E-state index in [1.54, 1.807) is 0 Å². The van der Waals surface area contributed by atoms with Gasteiger partial charge in [0.2, 0.25) is 0 Å². The Labute approximate surface area is 128 Å². The molecule has 1 heterocycles. The van der Waals surface area contributed by atoms with Crippen LogP contribution in [0.4, 0.5) is 14.9 Å². The zero-order chi connectivity index (χ0) is 15.8. The summed E-state index contributed by atoms with van der Waals surface area (Å²) in [5, 5.41) is 14.2. The van der Waals surface area contributed by atoms with Gasteiger partial charge in [-0.2, -0.15) is 5.26 Å². The molecule has 0 atom stereocenters. The fraction of sp³-hybridized carbons (Fsp3) is 0.467. The number of hydrogen-bond donors (Lipinski definition) is 2. The lowest BCUT2D eigenvalue weighted by atomic mass is 10.2. The second kappa shape index (κ2) is 8.32. The molecule has 2 N–H and O–H groups in total. The van der Waals surface area contributed by atoms with Crippen molar-refractivity contribution >= 4 is 11.7 Å². The summed E-state index contributed by atoms with van der Waals surface area (Å²) in [5.74, 6) is -0.506. The Bertz CT molecular complexity index is 553. The number of amides is 2. The summed E-state index contributed by atoms with van der Waals surface area (Å²) in [6.45, 7) is 4.81. The maximum absolute atomic E-state index is 13.0. The minimum atomic E-state index is -0.506. The number of carbonyl (C=O) groups excluding carboxylic acids is 1. The van der Waals surface area contributed by atoms with Crippen molar-refractivity contribution in [1.82, 2.24) is 10.2 Å². The van der Waals surface area contributed by atoms with Crippen LogP contribution in [0.3, 0.4) is 0 Å². The predicted molar refractivity (Wildman–Crippen MR) is 80.0 cm³/mol. The summed E-state index contributed by atoms with van der Waals surface area (Å²) < 4.78 is 18.3. The number of halogens is 1. The summed E-state index contributed by atoms with van der Waals surface area (Å²) in [6.07, 6.45) is 0.835. The van der Waals surface area contributed by atoms with Gasteiger partial charge in [-0.05, 0) is 31.2 Å². The van der Waals surface area contributed by atoms with Crippen molar-refractivity contribution in [2.24, 2.45) is 0 Å². The molecule has 1 aromatic carbocycles. The van der Waals surface area contributed by atoms with Crippen molar-refractivity contribution in [2.45, 2.75) is 6.42 Å². The van der Waals surface area contributed by atoms with Crippen LogP contribution in [0.15, 0.2) is 18.2 Å². The van der Waals surface area contributed by atoms with E-state index in [0.717, 1.165) is 45.3 Å². The zero-order valence-corrected chi connectivity index (χ0v) is 12.3. The maximum atomic E-state index is 13.0. The van der Waals surface area contributed by atoms with Crippen molar-refractivity contribution in [3.63, 3.8) is 0 Å². The van der Waals surface area contributed by atoms with Crippen LogP contribution in [-0.2, 0) is 4.74 Å². The molecule has 0 unspecified atom stereocenters. The molecule has 0 bridgehead atoms. The highest BCUT2D eigenvalue weighted by Gasteiger charge is 2.10. The van der Waals surface area contributed by atoms with Crippen LogP contribution in [0.5, 0.6) is 0 Å². The number of nitriles is 1. The molecule has 0 aliphatic carbocycles. The number of ether oxygens (including phenoxy) is 1. The minimum Gasteiger partial charge on any atom is -0.379 e. The summed E-state index contributed by atoms with van der Waals surface area (Å²) in [5.41, 5.74) is 0.401. The van der Waals surface area contributed by atoms with E-state index >= 15 is 0 Å². The van der Waals surface area contributed by atoms with E-state index < -0.39 is 11.8 Å². The maximum Gasteiger partial charge on any atom is 0.319 e. The van der Waals surface area contributed by atoms with Crippen molar-refractivity contribution < 1.29 is 13.9 Å². The minimum absolute atomic E-state index is 0.100. The quantitative estimate of drug-likeness (QED) is 0.809. The van der Waals surface area contributed by atoms with Crippen LogP contribution in [-0.4, -0.2) is 50.3 Å². The van der Waals surface area contributed by atoms with Gasteiger partial charge in [-0.25, -0.2) is 9.18 Å². The molecular weight excluding hydrogens is 287 g/mol. The third-order valence-corrected chi connectivity index (χ3v) is 3.39. The molecule has 7 heteroatoms. The number of anilines is 1. The monoisotopic (exact) mass is 306 g/mol. The molecule has 1 saturated heterocycles. The van der Waals surface area contributed by atoms with E-state index in [-0.39, 0.29) is 5.56 Å². The normalized spacial score (nSPS) is 15.1. The molecule has 22 heavy (non-hydrogen) atoms. The fourth-order valence-electron chi connectivity index (χ4n) is 2.21. The number of hydrogen-bond acceptors (Lipinski definition) is 4. The standard InChI is InChI=1S/C15H19FN4O2/c16-13-2-3-14(12(10-13)11-17)19-15(21)18-4-1-5-20-6-8-22-9-7-20/h2-3,10H,1,4-9H2,(H2,18,19,21). The third-order valence-electron chi connectivity index (χ3n) is 3.39. The van der Waals surface area contributed by atoms with Crippen LogP contribution in [0.25, 0.3) is 0 Å². The third kappa shape index (κ3) is 4.98. The first-order valence-electron chi connectivity index (χ1n) is 7.23. The Kier molecular flexibility index (Phi) is 6.13. The lowest BCUT2D eigenvalue weighted by molar-refractivity contribution is 0.0375. The second-order valence-electron chi connectivity index (χ2n) is 4.99. The number of nitrogens with zero attached hydrogens (tertiary/aromatic N) is 2. The molecule has 0 spiro atoms. The first-order chi connectivity index (χ1) is 10.7. The first-order valence-corrected chi connectivity index (χ1v) is 7.23. The van der Waals surface area contributed by atoms with Crippen LogP contribution in [0.2, 0.25) is 0 Å².